The summed E-state index contributed by atoms with van der Waals surface area (Å²) < 4.78 is 0. The molecule has 0 spiro atoms. The van der Waals surface area contributed by atoms with Crippen molar-refractivity contribution in [3.05, 3.63) is 66.2 Å². The van der Waals surface area contributed by atoms with Crippen LogP contribution in [0.4, 0.5) is 5.69 Å². The van der Waals surface area contributed by atoms with Crippen LogP contribution in [0, 0.1) is 6.92 Å². The number of nitrogens with zero attached hydrogens (tertiary/aromatic N) is 2. The van der Waals surface area contributed by atoms with Crippen molar-refractivity contribution in [3.8, 4) is 0 Å². The third-order valence-corrected chi connectivity index (χ3v) is 3.30. The Morgan fingerprint density at radius 1 is 1.00 bits per heavy atom. The Kier molecular flexibility index (Phi) is 3.11. The van der Waals surface area contributed by atoms with Crippen LogP contribution in [-0.2, 0) is 6.54 Å². The lowest BCUT2D eigenvalue weighted by Crippen LogP contribution is -2.02. The van der Waals surface area contributed by atoms with Crippen molar-refractivity contribution in [1.82, 2.24) is 9.97 Å². The molecule has 0 aliphatic rings. The van der Waals surface area contributed by atoms with E-state index in [1.165, 1.54) is 16.5 Å². The minimum atomic E-state index is 0.772. The summed E-state index contributed by atoms with van der Waals surface area (Å²) in [5.74, 6) is 0. The van der Waals surface area contributed by atoms with Crippen LogP contribution < -0.4 is 5.32 Å². The fourth-order valence-electron chi connectivity index (χ4n) is 2.14. The number of anilines is 1. The molecule has 19 heavy (non-hydrogen) atoms. The molecule has 0 atom stereocenters. The van der Waals surface area contributed by atoms with Crippen molar-refractivity contribution >= 4 is 16.5 Å². The summed E-state index contributed by atoms with van der Waals surface area (Å²) in [5.41, 5.74) is 3.57. The van der Waals surface area contributed by atoms with Gasteiger partial charge in [-0.25, -0.2) is 0 Å². The first-order valence-corrected chi connectivity index (χ1v) is 6.31. The number of benzene rings is 1. The van der Waals surface area contributed by atoms with Crippen LogP contribution in [0.1, 0.15) is 11.1 Å². The van der Waals surface area contributed by atoms with Gasteiger partial charge in [0.25, 0.3) is 0 Å². The highest BCUT2D eigenvalue weighted by molar-refractivity contribution is 5.93. The van der Waals surface area contributed by atoms with Crippen molar-refractivity contribution in [2.75, 3.05) is 5.32 Å². The maximum atomic E-state index is 4.19. The predicted molar refractivity (Wildman–Crippen MR) is 78.0 cm³/mol. The molecule has 3 heteroatoms. The Morgan fingerprint density at radius 2 is 1.84 bits per heavy atom. The topological polar surface area (TPSA) is 37.8 Å². The first-order chi connectivity index (χ1) is 9.34. The quantitative estimate of drug-likeness (QED) is 0.771. The van der Waals surface area contributed by atoms with E-state index in [1.54, 1.807) is 0 Å². The van der Waals surface area contributed by atoms with Gasteiger partial charge in [-0.3, -0.25) is 9.97 Å². The van der Waals surface area contributed by atoms with Crippen molar-refractivity contribution in [2.45, 2.75) is 13.5 Å². The van der Waals surface area contributed by atoms with E-state index >= 15 is 0 Å². The van der Waals surface area contributed by atoms with E-state index in [4.69, 9.17) is 0 Å². The molecule has 3 aromatic rings. The molecule has 2 heterocycles. The van der Waals surface area contributed by atoms with Crippen LogP contribution in [0.25, 0.3) is 10.8 Å². The highest BCUT2D eigenvalue weighted by Gasteiger charge is 2.02. The lowest BCUT2D eigenvalue weighted by molar-refractivity contribution is 1.08. The Bertz CT molecular complexity index is 702. The first-order valence-electron chi connectivity index (χ1n) is 6.31. The normalized spacial score (nSPS) is 10.6. The lowest BCUT2D eigenvalue weighted by Gasteiger charge is -2.10. The fraction of sp³-hybridized carbons (Fsp3) is 0.125. The van der Waals surface area contributed by atoms with Gasteiger partial charge in [0, 0.05) is 42.4 Å². The minimum Gasteiger partial charge on any atom is -0.380 e. The van der Waals surface area contributed by atoms with Gasteiger partial charge < -0.3 is 5.32 Å². The zero-order chi connectivity index (χ0) is 13.1. The van der Waals surface area contributed by atoms with Gasteiger partial charge in [-0.05, 0) is 41.6 Å². The Morgan fingerprint density at radius 3 is 2.74 bits per heavy atom. The smallest absolute Gasteiger partial charge is 0.0438 e. The van der Waals surface area contributed by atoms with Crippen LogP contribution in [0.3, 0.4) is 0 Å². The van der Waals surface area contributed by atoms with E-state index in [2.05, 4.69) is 40.4 Å². The number of pyridine rings is 2. The second kappa shape index (κ2) is 5.06. The second-order valence-corrected chi connectivity index (χ2v) is 4.56. The molecular weight excluding hydrogens is 234 g/mol. The van der Waals surface area contributed by atoms with Crippen molar-refractivity contribution in [1.29, 1.82) is 0 Å². The molecule has 0 unspecified atom stereocenters. The SMILES string of the molecule is Cc1ccncc1CNc1cccc2ccncc12. The van der Waals surface area contributed by atoms with Crippen LogP contribution in [0.15, 0.2) is 55.1 Å². The van der Waals surface area contributed by atoms with Gasteiger partial charge >= 0.3 is 0 Å². The number of aromatic nitrogens is 2. The Hall–Kier alpha value is -2.42. The largest absolute Gasteiger partial charge is 0.380 e. The molecule has 0 fully saturated rings. The summed E-state index contributed by atoms with van der Waals surface area (Å²) in [6.45, 7) is 2.87. The van der Waals surface area contributed by atoms with Gasteiger partial charge in [0.2, 0.25) is 0 Å². The standard InChI is InChI=1S/C16H15N3/c1-12-5-7-17-9-14(12)10-19-16-4-2-3-13-6-8-18-11-15(13)16/h2-9,11,19H,10H2,1H3. The van der Waals surface area contributed by atoms with Gasteiger partial charge in [-0.2, -0.15) is 0 Å². The van der Waals surface area contributed by atoms with E-state index in [9.17, 15) is 0 Å². The Labute approximate surface area is 112 Å². The molecule has 94 valence electrons. The fourth-order valence-corrected chi connectivity index (χ4v) is 2.14. The molecular formula is C16H15N3. The van der Waals surface area contributed by atoms with Crippen molar-refractivity contribution in [2.24, 2.45) is 0 Å². The molecule has 2 aromatic heterocycles. The Balaban J connectivity index is 1.88. The summed E-state index contributed by atoms with van der Waals surface area (Å²) in [6.07, 6.45) is 7.44. The first kappa shape index (κ1) is 11.7. The van der Waals surface area contributed by atoms with Crippen molar-refractivity contribution < 1.29 is 0 Å². The van der Waals surface area contributed by atoms with Gasteiger partial charge in [-0.15, -0.1) is 0 Å². The van der Waals surface area contributed by atoms with Crippen LogP contribution in [0.5, 0.6) is 0 Å². The number of rotatable bonds is 3. The number of aryl methyl sites for hydroxylation is 1. The zero-order valence-corrected chi connectivity index (χ0v) is 10.8. The van der Waals surface area contributed by atoms with Gasteiger partial charge in [0.1, 0.15) is 0 Å². The number of hydrogen-bond donors (Lipinski definition) is 1. The van der Waals surface area contributed by atoms with E-state index in [1.807, 2.05) is 36.9 Å². The molecule has 3 rings (SSSR count). The summed E-state index contributed by atoms with van der Waals surface area (Å²) in [7, 11) is 0. The van der Waals surface area contributed by atoms with Crippen LogP contribution in [0.2, 0.25) is 0 Å². The molecule has 0 saturated carbocycles. The number of fused-ring (bicyclic) bond motifs is 1. The number of hydrogen-bond acceptors (Lipinski definition) is 3. The van der Waals surface area contributed by atoms with E-state index in [0.29, 0.717) is 0 Å². The number of nitrogens with one attached hydrogen (secondary N) is 1. The summed E-state index contributed by atoms with van der Waals surface area (Å²) in [5, 5.41) is 5.81. The van der Waals surface area contributed by atoms with Crippen molar-refractivity contribution in [3.63, 3.8) is 0 Å². The highest BCUT2D eigenvalue weighted by atomic mass is 14.9. The molecule has 0 bridgehead atoms. The van der Waals surface area contributed by atoms with Gasteiger partial charge in [0.05, 0.1) is 0 Å². The predicted octanol–water partition coefficient (Wildman–Crippen LogP) is 3.55. The molecule has 0 amide bonds. The average molecular weight is 249 g/mol. The average Bonchev–Trinajstić information content (AvgIpc) is 2.46. The molecule has 0 aliphatic heterocycles. The molecule has 3 nitrogen and oxygen atoms in total. The van der Waals surface area contributed by atoms with Gasteiger partial charge in [0.15, 0.2) is 0 Å². The third kappa shape index (κ3) is 2.40. The highest BCUT2D eigenvalue weighted by Crippen LogP contribution is 2.22. The summed E-state index contributed by atoms with van der Waals surface area (Å²) in [6, 6.07) is 10.3. The van der Waals surface area contributed by atoms with Crippen LogP contribution >= 0.6 is 0 Å². The minimum absolute atomic E-state index is 0.772. The summed E-state index contributed by atoms with van der Waals surface area (Å²) >= 11 is 0. The van der Waals surface area contributed by atoms with E-state index < -0.39 is 0 Å². The second-order valence-electron chi connectivity index (χ2n) is 4.56. The summed E-state index contributed by atoms with van der Waals surface area (Å²) in [4.78, 5) is 8.36. The molecule has 0 saturated heterocycles. The molecule has 1 aromatic carbocycles. The van der Waals surface area contributed by atoms with Gasteiger partial charge in [-0.1, -0.05) is 12.1 Å². The molecule has 0 radical (unpaired) electrons. The van der Waals surface area contributed by atoms with Crippen LogP contribution in [-0.4, -0.2) is 9.97 Å². The molecule has 0 aliphatic carbocycles. The van der Waals surface area contributed by atoms with E-state index in [0.717, 1.165) is 17.6 Å². The third-order valence-electron chi connectivity index (χ3n) is 3.30. The molecule has 1 N–H and O–H groups in total. The zero-order valence-electron chi connectivity index (χ0n) is 10.8. The maximum Gasteiger partial charge on any atom is 0.0438 e. The monoisotopic (exact) mass is 249 g/mol. The lowest BCUT2D eigenvalue weighted by atomic mass is 10.1. The maximum absolute atomic E-state index is 4.19. The van der Waals surface area contributed by atoms with E-state index in [-0.39, 0.29) is 0 Å².